The zero-order chi connectivity index (χ0) is 21.0. The van der Waals surface area contributed by atoms with E-state index in [1.54, 1.807) is 0 Å². The molecule has 0 spiro atoms. The third kappa shape index (κ3) is 3.16. The number of carbonyl (C=O) groups excluding carboxylic acids is 1. The second-order valence-corrected chi connectivity index (χ2v) is 6.66. The molecule has 0 aromatic carbocycles. The van der Waals surface area contributed by atoms with Gasteiger partial charge in [-0.3, -0.25) is 18.7 Å². The van der Waals surface area contributed by atoms with Crippen LogP contribution in [0.1, 0.15) is 21.7 Å². The van der Waals surface area contributed by atoms with Crippen LogP contribution in [0.15, 0.2) is 22.0 Å². The highest BCUT2D eigenvalue weighted by atomic mass is 19.4. The molecule has 11 heteroatoms. The molecule has 0 saturated heterocycles. The zero-order valence-corrected chi connectivity index (χ0v) is 15.7. The standard InChI is InChI=1S/C17H18F3N5O3/c1-9-5-11(10(2)25(9)7-17(18,19)20)12(26)6-24-8-21-14-13(24)15(27)23(4)16(28)22(14)3/h5,8H,6-7H2,1-4H3. The van der Waals surface area contributed by atoms with Gasteiger partial charge in [0.05, 0.1) is 12.9 Å². The van der Waals surface area contributed by atoms with Crippen LogP contribution in [0.2, 0.25) is 0 Å². The molecule has 3 aromatic heterocycles. The number of aromatic nitrogens is 5. The predicted molar refractivity (Wildman–Crippen MR) is 94.5 cm³/mol. The van der Waals surface area contributed by atoms with E-state index in [2.05, 4.69) is 4.98 Å². The van der Waals surface area contributed by atoms with Crippen molar-refractivity contribution < 1.29 is 18.0 Å². The second kappa shape index (κ2) is 6.50. The van der Waals surface area contributed by atoms with Crippen molar-refractivity contribution in [3.8, 4) is 0 Å². The first-order valence-corrected chi connectivity index (χ1v) is 8.30. The van der Waals surface area contributed by atoms with Crippen molar-refractivity contribution in [2.45, 2.75) is 33.1 Å². The molecule has 0 atom stereocenters. The van der Waals surface area contributed by atoms with E-state index in [1.165, 1.54) is 49.5 Å². The predicted octanol–water partition coefficient (Wildman–Crippen LogP) is 1.30. The van der Waals surface area contributed by atoms with Crippen LogP contribution in [0.3, 0.4) is 0 Å². The largest absolute Gasteiger partial charge is 0.406 e. The van der Waals surface area contributed by atoms with Crippen molar-refractivity contribution in [2.24, 2.45) is 14.1 Å². The number of halogens is 3. The molecule has 0 unspecified atom stereocenters. The number of nitrogens with zero attached hydrogens (tertiary/aromatic N) is 5. The van der Waals surface area contributed by atoms with Gasteiger partial charge in [-0.2, -0.15) is 13.2 Å². The topological polar surface area (TPSA) is 83.8 Å². The summed E-state index contributed by atoms with van der Waals surface area (Å²) in [6.07, 6.45) is -3.15. The molecule has 3 heterocycles. The van der Waals surface area contributed by atoms with Crippen molar-refractivity contribution in [3.63, 3.8) is 0 Å². The Morgan fingerprint density at radius 2 is 1.79 bits per heavy atom. The number of alkyl halides is 3. The molecule has 0 bridgehead atoms. The fourth-order valence-corrected chi connectivity index (χ4v) is 3.26. The van der Waals surface area contributed by atoms with Gasteiger partial charge in [0.1, 0.15) is 6.54 Å². The Morgan fingerprint density at radius 3 is 2.39 bits per heavy atom. The summed E-state index contributed by atoms with van der Waals surface area (Å²) < 4.78 is 42.7. The van der Waals surface area contributed by atoms with E-state index in [-0.39, 0.29) is 29.0 Å². The number of hydrogen-bond acceptors (Lipinski definition) is 4. The lowest BCUT2D eigenvalue weighted by molar-refractivity contribution is -0.141. The summed E-state index contributed by atoms with van der Waals surface area (Å²) in [5, 5.41) is 0. The fraction of sp³-hybridized carbons (Fsp3) is 0.412. The van der Waals surface area contributed by atoms with Gasteiger partial charge in [0.2, 0.25) is 0 Å². The van der Waals surface area contributed by atoms with Gasteiger partial charge in [0.25, 0.3) is 5.56 Å². The highest BCUT2D eigenvalue weighted by Gasteiger charge is 2.30. The van der Waals surface area contributed by atoms with Crippen molar-refractivity contribution in [3.05, 3.63) is 50.2 Å². The second-order valence-electron chi connectivity index (χ2n) is 6.66. The molecular formula is C17H18F3N5O3. The molecular weight excluding hydrogens is 379 g/mol. The number of imidazole rings is 1. The fourth-order valence-electron chi connectivity index (χ4n) is 3.26. The maximum atomic E-state index is 12.8. The number of carbonyl (C=O) groups is 1. The minimum Gasteiger partial charge on any atom is -0.339 e. The van der Waals surface area contributed by atoms with Crippen LogP contribution in [-0.2, 0) is 27.2 Å². The summed E-state index contributed by atoms with van der Waals surface area (Å²) in [6.45, 7) is 1.46. The molecule has 0 aliphatic carbocycles. The van der Waals surface area contributed by atoms with E-state index in [0.717, 1.165) is 9.13 Å². The highest BCUT2D eigenvalue weighted by molar-refractivity contribution is 5.98. The first-order valence-electron chi connectivity index (χ1n) is 8.30. The van der Waals surface area contributed by atoms with E-state index in [9.17, 15) is 27.6 Å². The maximum absolute atomic E-state index is 12.8. The Labute approximate surface area is 156 Å². The molecule has 8 nitrogen and oxygen atoms in total. The summed E-state index contributed by atoms with van der Waals surface area (Å²) in [5.41, 5.74) is -0.303. The Bertz CT molecular complexity index is 1210. The Balaban J connectivity index is 2.03. The van der Waals surface area contributed by atoms with Crippen molar-refractivity contribution >= 4 is 16.9 Å². The Morgan fingerprint density at radius 1 is 1.14 bits per heavy atom. The Kier molecular flexibility index (Phi) is 4.56. The molecule has 0 N–H and O–H groups in total. The number of hydrogen-bond donors (Lipinski definition) is 0. The average Bonchev–Trinajstić information content (AvgIpc) is 3.13. The number of fused-ring (bicyclic) bond motifs is 1. The van der Waals surface area contributed by atoms with Crippen molar-refractivity contribution in [2.75, 3.05) is 0 Å². The van der Waals surface area contributed by atoms with Crippen LogP contribution in [-0.4, -0.2) is 35.2 Å². The third-order valence-corrected chi connectivity index (χ3v) is 4.74. The zero-order valence-electron chi connectivity index (χ0n) is 15.7. The third-order valence-electron chi connectivity index (χ3n) is 4.74. The van der Waals surface area contributed by atoms with Crippen LogP contribution < -0.4 is 11.2 Å². The van der Waals surface area contributed by atoms with Crippen LogP contribution >= 0.6 is 0 Å². The smallest absolute Gasteiger partial charge is 0.339 e. The van der Waals surface area contributed by atoms with Gasteiger partial charge < -0.3 is 9.13 Å². The first kappa shape index (κ1) is 19.6. The summed E-state index contributed by atoms with van der Waals surface area (Å²) in [6, 6.07) is 1.40. The minimum atomic E-state index is -4.41. The van der Waals surface area contributed by atoms with Crippen molar-refractivity contribution in [1.82, 2.24) is 23.3 Å². The molecule has 28 heavy (non-hydrogen) atoms. The number of Topliss-reactive ketones (excluding diaryl/α,β-unsaturated/α-hetero) is 1. The SMILES string of the molecule is Cc1cc(C(=O)Cn2cnc3c2c(=O)n(C)c(=O)n3C)c(C)n1CC(F)(F)F. The van der Waals surface area contributed by atoms with Crippen molar-refractivity contribution in [1.29, 1.82) is 0 Å². The number of rotatable bonds is 4. The highest BCUT2D eigenvalue weighted by Crippen LogP contribution is 2.23. The maximum Gasteiger partial charge on any atom is 0.406 e. The lowest BCUT2D eigenvalue weighted by Gasteiger charge is -2.12. The molecule has 0 amide bonds. The summed E-state index contributed by atoms with van der Waals surface area (Å²) in [7, 11) is 2.77. The van der Waals surface area contributed by atoms with E-state index < -0.39 is 29.8 Å². The van der Waals surface area contributed by atoms with Crippen LogP contribution in [0.25, 0.3) is 11.2 Å². The number of ketones is 1. The van der Waals surface area contributed by atoms with E-state index >= 15 is 0 Å². The molecule has 0 saturated carbocycles. The molecule has 150 valence electrons. The molecule has 0 fully saturated rings. The monoisotopic (exact) mass is 397 g/mol. The lowest BCUT2D eigenvalue weighted by atomic mass is 10.1. The van der Waals surface area contributed by atoms with Gasteiger partial charge in [0.15, 0.2) is 16.9 Å². The molecule has 3 rings (SSSR count). The van der Waals surface area contributed by atoms with Gasteiger partial charge >= 0.3 is 11.9 Å². The van der Waals surface area contributed by atoms with Crippen LogP contribution in [0.5, 0.6) is 0 Å². The van der Waals surface area contributed by atoms with Crippen LogP contribution in [0, 0.1) is 13.8 Å². The van der Waals surface area contributed by atoms with E-state index in [0.29, 0.717) is 5.69 Å². The van der Waals surface area contributed by atoms with Gasteiger partial charge in [-0.1, -0.05) is 0 Å². The minimum absolute atomic E-state index is 0.0713. The van der Waals surface area contributed by atoms with E-state index in [4.69, 9.17) is 0 Å². The normalized spacial score (nSPS) is 12.1. The van der Waals surface area contributed by atoms with E-state index in [1.807, 2.05) is 0 Å². The Hall–Kier alpha value is -3.11. The molecule has 3 aromatic rings. The van der Waals surface area contributed by atoms with Gasteiger partial charge in [0, 0.05) is 31.0 Å². The average molecular weight is 397 g/mol. The quantitative estimate of drug-likeness (QED) is 0.622. The first-order chi connectivity index (χ1) is 12.9. The molecule has 0 aliphatic heterocycles. The lowest BCUT2D eigenvalue weighted by Crippen LogP contribution is -2.37. The summed E-state index contributed by atoms with van der Waals surface area (Å²) >= 11 is 0. The number of aryl methyl sites for hydroxylation is 2. The molecule has 0 aliphatic rings. The summed E-state index contributed by atoms with van der Waals surface area (Å²) in [5.74, 6) is -0.461. The van der Waals surface area contributed by atoms with Gasteiger partial charge in [-0.05, 0) is 19.9 Å². The van der Waals surface area contributed by atoms with Crippen LogP contribution in [0.4, 0.5) is 13.2 Å². The summed E-state index contributed by atoms with van der Waals surface area (Å²) in [4.78, 5) is 41.2. The van der Waals surface area contributed by atoms with Gasteiger partial charge in [-0.15, -0.1) is 0 Å². The molecule has 0 radical (unpaired) electrons. The van der Waals surface area contributed by atoms with Gasteiger partial charge in [-0.25, -0.2) is 9.78 Å².